The summed E-state index contributed by atoms with van der Waals surface area (Å²) in [7, 11) is 1.75. The van der Waals surface area contributed by atoms with Crippen LogP contribution in [0.5, 0.6) is 0 Å². The van der Waals surface area contributed by atoms with Gasteiger partial charge in [0.2, 0.25) is 0 Å². The number of hydrogen-bond acceptors (Lipinski definition) is 6. The Hall–Kier alpha value is -4.17. The first-order valence-electron chi connectivity index (χ1n) is 14.3. The standard InChI is InChI=1S/C36H32ClN3O3S/c1-20-17-29-33(31(23-9-11-26(37)12-10-23)30(20)32(21(2)41)43-36(3,4)5)44-34(39-29)25-13-15-38-28(19-25)24-8-7-22-14-16-40(6)35(42)27(22)18-24/h7-19,32H,1-6H3/t32-/m1/s1. The molecule has 0 saturated carbocycles. The van der Waals surface area contributed by atoms with Gasteiger partial charge in [0.15, 0.2) is 5.78 Å². The molecule has 0 spiro atoms. The molecule has 0 aliphatic carbocycles. The van der Waals surface area contributed by atoms with Gasteiger partial charge in [-0.15, -0.1) is 11.3 Å². The second kappa shape index (κ2) is 11.4. The van der Waals surface area contributed by atoms with Crippen molar-refractivity contribution in [1.29, 1.82) is 0 Å². The number of benzene rings is 3. The minimum atomic E-state index is -0.747. The van der Waals surface area contributed by atoms with E-state index in [1.807, 2.05) is 94.4 Å². The number of hydrogen-bond donors (Lipinski definition) is 0. The lowest BCUT2D eigenvalue weighted by Gasteiger charge is -2.29. The number of ketones is 1. The number of carbonyl (C=O) groups is 1. The van der Waals surface area contributed by atoms with Gasteiger partial charge >= 0.3 is 0 Å². The smallest absolute Gasteiger partial charge is 0.258 e. The number of aromatic nitrogens is 3. The van der Waals surface area contributed by atoms with Gasteiger partial charge in [-0.25, -0.2) is 4.98 Å². The number of pyridine rings is 2. The summed E-state index contributed by atoms with van der Waals surface area (Å²) in [5.41, 5.74) is 6.39. The van der Waals surface area contributed by atoms with Crippen molar-refractivity contribution in [2.45, 2.75) is 46.3 Å². The van der Waals surface area contributed by atoms with Crippen molar-refractivity contribution in [2.24, 2.45) is 7.05 Å². The third-order valence-electron chi connectivity index (χ3n) is 7.55. The molecular weight excluding hydrogens is 590 g/mol. The summed E-state index contributed by atoms with van der Waals surface area (Å²) < 4.78 is 8.92. The van der Waals surface area contributed by atoms with Crippen LogP contribution in [0, 0.1) is 6.92 Å². The fraction of sp³-hybridized carbons (Fsp3) is 0.222. The molecule has 3 heterocycles. The van der Waals surface area contributed by atoms with E-state index in [0.717, 1.165) is 59.7 Å². The molecule has 1 atom stereocenters. The molecule has 0 amide bonds. The Balaban J connectivity index is 1.53. The van der Waals surface area contributed by atoms with E-state index in [1.165, 1.54) is 0 Å². The minimum absolute atomic E-state index is 0.0492. The number of halogens is 1. The molecule has 0 aliphatic heterocycles. The SMILES string of the molecule is CC(=O)[C@@H](OC(C)(C)C)c1c(C)cc2nc(-c3ccnc(-c4ccc5ccn(C)c(=O)c5c4)c3)sc2c1-c1ccc(Cl)cc1. The number of aryl methyl sites for hydroxylation is 2. The highest BCUT2D eigenvalue weighted by Gasteiger charge is 2.30. The molecule has 3 aromatic carbocycles. The quantitative estimate of drug-likeness (QED) is 0.186. The third kappa shape index (κ3) is 5.71. The van der Waals surface area contributed by atoms with Gasteiger partial charge in [0.1, 0.15) is 11.1 Å². The molecule has 0 aliphatic rings. The maximum atomic E-state index is 13.1. The predicted octanol–water partition coefficient (Wildman–Crippen LogP) is 8.95. The Morgan fingerprint density at radius 3 is 2.41 bits per heavy atom. The zero-order valence-electron chi connectivity index (χ0n) is 25.4. The molecule has 6 nitrogen and oxygen atoms in total. The average molecular weight is 622 g/mol. The number of nitrogens with zero attached hydrogens (tertiary/aromatic N) is 3. The van der Waals surface area contributed by atoms with Crippen LogP contribution in [0.15, 0.2) is 83.9 Å². The Bertz CT molecular complexity index is 2120. The molecule has 0 fully saturated rings. The fourth-order valence-corrected chi connectivity index (χ4v) is 6.74. The van der Waals surface area contributed by atoms with Crippen LogP contribution in [-0.2, 0) is 16.6 Å². The Morgan fingerprint density at radius 2 is 1.70 bits per heavy atom. The number of Topliss-reactive ketones (excluding diaryl/α,β-unsaturated/α-hetero) is 1. The zero-order valence-corrected chi connectivity index (χ0v) is 27.0. The minimum Gasteiger partial charge on any atom is -0.360 e. The van der Waals surface area contributed by atoms with E-state index in [2.05, 4.69) is 4.98 Å². The number of thiazole rings is 1. The van der Waals surface area contributed by atoms with E-state index in [-0.39, 0.29) is 11.3 Å². The second-order valence-electron chi connectivity index (χ2n) is 12.0. The molecule has 0 radical (unpaired) electrons. The number of carbonyl (C=O) groups excluding carboxylic acids is 1. The molecule has 0 unspecified atom stereocenters. The van der Waals surface area contributed by atoms with Gasteiger partial charge in [0.25, 0.3) is 5.56 Å². The van der Waals surface area contributed by atoms with Crippen molar-refractivity contribution in [1.82, 2.24) is 14.5 Å². The summed E-state index contributed by atoms with van der Waals surface area (Å²) >= 11 is 7.84. The maximum absolute atomic E-state index is 13.1. The number of ether oxygens (including phenoxy) is 1. The van der Waals surface area contributed by atoms with Crippen LogP contribution in [0.1, 0.15) is 44.9 Å². The Kier molecular flexibility index (Phi) is 7.74. The fourth-order valence-electron chi connectivity index (χ4n) is 5.49. The first-order chi connectivity index (χ1) is 20.9. The summed E-state index contributed by atoms with van der Waals surface area (Å²) in [5, 5.41) is 2.99. The summed E-state index contributed by atoms with van der Waals surface area (Å²) in [6.45, 7) is 9.45. The van der Waals surface area contributed by atoms with E-state index < -0.39 is 11.7 Å². The molecule has 8 heteroatoms. The largest absolute Gasteiger partial charge is 0.360 e. The van der Waals surface area contributed by atoms with Crippen LogP contribution in [0.4, 0.5) is 0 Å². The van der Waals surface area contributed by atoms with E-state index in [4.69, 9.17) is 21.3 Å². The molecule has 44 heavy (non-hydrogen) atoms. The molecule has 0 N–H and O–H groups in total. The lowest BCUT2D eigenvalue weighted by molar-refractivity contribution is -0.138. The molecule has 6 rings (SSSR count). The summed E-state index contributed by atoms with van der Waals surface area (Å²) in [6.07, 6.45) is 2.79. The monoisotopic (exact) mass is 621 g/mol. The maximum Gasteiger partial charge on any atom is 0.258 e. The first-order valence-corrected chi connectivity index (χ1v) is 15.5. The van der Waals surface area contributed by atoms with Gasteiger partial charge in [-0.05, 0) is 93.6 Å². The van der Waals surface area contributed by atoms with Crippen molar-refractivity contribution in [2.75, 3.05) is 0 Å². The highest BCUT2D eigenvalue weighted by molar-refractivity contribution is 7.22. The van der Waals surface area contributed by atoms with Gasteiger partial charge in [-0.2, -0.15) is 0 Å². The van der Waals surface area contributed by atoms with Crippen molar-refractivity contribution < 1.29 is 9.53 Å². The van der Waals surface area contributed by atoms with Gasteiger partial charge in [0.05, 0.1) is 21.5 Å². The predicted molar refractivity (Wildman–Crippen MR) is 180 cm³/mol. The van der Waals surface area contributed by atoms with Gasteiger partial charge in [0, 0.05) is 52.1 Å². The van der Waals surface area contributed by atoms with Gasteiger partial charge in [-0.3, -0.25) is 14.6 Å². The Labute approximate surface area is 264 Å². The zero-order chi connectivity index (χ0) is 31.3. The van der Waals surface area contributed by atoms with E-state index in [9.17, 15) is 9.59 Å². The molecule has 6 aromatic rings. The van der Waals surface area contributed by atoms with Gasteiger partial charge < -0.3 is 9.30 Å². The van der Waals surface area contributed by atoms with E-state index in [0.29, 0.717) is 10.4 Å². The summed E-state index contributed by atoms with van der Waals surface area (Å²) in [4.78, 5) is 35.6. The van der Waals surface area contributed by atoms with E-state index >= 15 is 0 Å². The van der Waals surface area contributed by atoms with Crippen molar-refractivity contribution in [3.63, 3.8) is 0 Å². The average Bonchev–Trinajstić information content (AvgIpc) is 3.41. The van der Waals surface area contributed by atoms with Crippen molar-refractivity contribution in [3.05, 3.63) is 106 Å². The van der Waals surface area contributed by atoms with Crippen LogP contribution < -0.4 is 5.56 Å². The topological polar surface area (TPSA) is 74.1 Å². The second-order valence-corrected chi connectivity index (χ2v) is 13.5. The number of fused-ring (bicyclic) bond motifs is 2. The highest BCUT2D eigenvalue weighted by Crippen LogP contribution is 2.44. The van der Waals surface area contributed by atoms with Crippen LogP contribution in [-0.4, -0.2) is 25.9 Å². The first kappa shape index (κ1) is 29.9. The third-order valence-corrected chi connectivity index (χ3v) is 8.94. The summed E-state index contributed by atoms with van der Waals surface area (Å²) in [6, 6.07) is 21.4. The summed E-state index contributed by atoms with van der Waals surface area (Å²) in [5.74, 6) is -0.0636. The van der Waals surface area contributed by atoms with Crippen LogP contribution in [0.3, 0.4) is 0 Å². The van der Waals surface area contributed by atoms with Crippen LogP contribution >= 0.6 is 22.9 Å². The van der Waals surface area contributed by atoms with Crippen molar-refractivity contribution in [3.8, 4) is 33.0 Å². The Morgan fingerprint density at radius 1 is 0.977 bits per heavy atom. The normalized spacial score (nSPS) is 12.6. The molecular formula is C36H32ClN3O3S. The van der Waals surface area contributed by atoms with E-state index in [1.54, 1.807) is 42.3 Å². The highest BCUT2D eigenvalue weighted by atomic mass is 35.5. The molecule has 222 valence electrons. The van der Waals surface area contributed by atoms with Gasteiger partial charge in [-0.1, -0.05) is 35.9 Å². The lowest BCUT2D eigenvalue weighted by Crippen LogP contribution is -2.27. The molecule has 0 bridgehead atoms. The molecule has 0 saturated heterocycles. The molecule has 3 aromatic heterocycles. The van der Waals surface area contributed by atoms with Crippen LogP contribution in [0.25, 0.3) is 53.9 Å². The lowest BCUT2D eigenvalue weighted by atomic mass is 9.90. The van der Waals surface area contributed by atoms with Crippen molar-refractivity contribution >= 4 is 49.7 Å². The van der Waals surface area contributed by atoms with Crippen LogP contribution in [0.2, 0.25) is 5.02 Å². The number of rotatable bonds is 6.